The van der Waals surface area contributed by atoms with Crippen molar-refractivity contribution in [3.8, 4) is 11.3 Å². The van der Waals surface area contributed by atoms with Crippen molar-refractivity contribution in [1.29, 1.82) is 0 Å². The van der Waals surface area contributed by atoms with Crippen LogP contribution in [-0.4, -0.2) is 40.4 Å². The number of nitrogens with zero attached hydrogens (tertiary/aromatic N) is 3. The van der Waals surface area contributed by atoms with Gasteiger partial charge in [-0.1, -0.05) is 0 Å². The number of fused-ring (bicyclic) bond motifs is 1. The molecule has 1 aliphatic rings. The first kappa shape index (κ1) is 19.9. The van der Waals surface area contributed by atoms with E-state index < -0.39 is 11.7 Å². The van der Waals surface area contributed by atoms with E-state index in [-0.39, 0.29) is 11.9 Å². The number of carbonyl (C=O) groups excluding carboxylic acids is 1. The second-order valence-electron chi connectivity index (χ2n) is 6.82. The molecule has 2 N–H and O–H groups in total. The number of aromatic nitrogens is 3. The molecule has 1 atom stereocenters. The van der Waals surface area contributed by atoms with Crippen LogP contribution >= 0.6 is 0 Å². The molecule has 2 aromatic heterocycles. The van der Waals surface area contributed by atoms with Crippen molar-refractivity contribution in [3.63, 3.8) is 0 Å². The summed E-state index contributed by atoms with van der Waals surface area (Å²) >= 11 is 0. The van der Waals surface area contributed by atoms with Crippen LogP contribution in [0.5, 0.6) is 0 Å². The zero-order valence-electron chi connectivity index (χ0n) is 15.9. The number of nitrogens with one attached hydrogen (secondary N) is 2. The first-order chi connectivity index (χ1) is 14.3. The third kappa shape index (κ3) is 3.99. The van der Waals surface area contributed by atoms with Crippen molar-refractivity contribution >= 4 is 17.4 Å². The molecule has 1 amide bonds. The molecule has 0 bridgehead atoms. The van der Waals surface area contributed by atoms with E-state index in [4.69, 9.17) is 4.74 Å². The molecule has 156 valence electrons. The van der Waals surface area contributed by atoms with E-state index >= 15 is 0 Å². The first-order valence-electron chi connectivity index (χ1n) is 9.12. The van der Waals surface area contributed by atoms with Crippen LogP contribution in [0.4, 0.5) is 24.7 Å². The lowest BCUT2D eigenvalue weighted by molar-refractivity contribution is -0.137. The molecule has 0 aliphatic carbocycles. The average molecular weight is 417 g/mol. The number of carbonyl (C=O) groups is 1. The van der Waals surface area contributed by atoms with Crippen LogP contribution in [-0.2, 0) is 17.5 Å². The summed E-state index contributed by atoms with van der Waals surface area (Å²) < 4.78 is 45.0. The van der Waals surface area contributed by atoms with Gasteiger partial charge in [-0.2, -0.15) is 18.3 Å². The van der Waals surface area contributed by atoms with Crippen molar-refractivity contribution in [2.24, 2.45) is 0 Å². The summed E-state index contributed by atoms with van der Waals surface area (Å²) in [5, 5.41) is 10.4. The summed E-state index contributed by atoms with van der Waals surface area (Å²) in [6.07, 6.45) is -2.83. The predicted octanol–water partition coefficient (Wildman–Crippen LogP) is 3.47. The normalized spacial score (nSPS) is 16.1. The number of rotatable bonds is 5. The molecule has 1 aromatic carbocycles. The number of hydrogen-bond acceptors (Lipinski definition) is 5. The fourth-order valence-corrected chi connectivity index (χ4v) is 3.27. The lowest BCUT2D eigenvalue weighted by atomic mass is 10.1. The largest absolute Gasteiger partial charge is 0.416 e. The molecule has 3 heterocycles. The van der Waals surface area contributed by atoms with E-state index in [1.54, 1.807) is 36.2 Å². The number of methoxy groups -OCH3 is 1. The van der Waals surface area contributed by atoms with Crippen LogP contribution in [0.25, 0.3) is 11.3 Å². The Balaban J connectivity index is 1.62. The highest BCUT2D eigenvalue weighted by atomic mass is 19.4. The minimum absolute atomic E-state index is 0.179. The molecule has 10 heteroatoms. The molecule has 0 saturated heterocycles. The van der Waals surface area contributed by atoms with Gasteiger partial charge in [-0.05, 0) is 42.5 Å². The fraction of sp³-hybridized carbons (Fsp3) is 0.250. The van der Waals surface area contributed by atoms with Crippen LogP contribution in [0.2, 0.25) is 0 Å². The summed E-state index contributed by atoms with van der Waals surface area (Å²) in [4.78, 5) is 16.6. The molecule has 0 saturated carbocycles. The van der Waals surface area contributed by atoms with E-state index in [9.17, 15) is 18.0 Å². The number of alkyl halides is 3. The van der Waals surface area contributed by atoms with Crippen LogP contribution in [0.15, 0.2) is 48.7 Å². The number of ether oxygens (including phenoxy) is 1. The molecule has 30 heavy (non-hydrogen) atoms. The summed E-state index contributed by atoms with van der Waals surface area (Å²) in [5.74, 6) is 0.171. The molecule has 7 nitrogen and oxygen atoms in total. The Morgan fingerprint density at radius 2 is 2.03 bits per heavy atom. The van der Waals surface area contributed by atoms with E-state index in [0.717, 1.165) is 12.1 Å². The number of pyridine rings is 1. The molecular weight excluding hydrogens is 399 g/mol. The Hall–Kier alpha value is -3.40. The molecule has 0 unspecified atom stereocenters. The Kier molecular flexibility index (Phi) is 5.17. The number of halogens is 3. The van der Waals surface area contributed by atoms with Gasteiger partial charge in [-0.15, -0.1) is 0 Å². The Morgan fingerprint density at radius 3 is 2.73 bits per heavy atom. The van der Waals surface area contributed by atoms with E-state index in [1.807, 2.05) is 0 Å². The monoisotopic (exact) mass is 417 g/mol. The third-order valence-electron chi connectivity index (χ3n) is 4.67. The number of anilines is 2. The molecule has 0 radical (unpaired) electrons. The van der Waals surface area contributed by atoms with Gasteiger partial charge in [0, 0.05) is 24.6 Å². The number of hydrogen-bond donors (Lipinski definition) is 2. The van der Waals surface area contributed by atoms with Gasteiger partial charge in [-0.25, -0.2) is 4.98 Å². The van der Waals surface area contributed by atoms with Gasteiger partial charge in [0.2, 0.25) is 0 Å². The van der Waals surface area contributed by atoms with Crippen LogP contribution in [0, 0.1) is 0 Å². The maximum atomic E-state index is 12.8. The lowest BCUT2D eigenvalue weighted by Crippen LogP contribution is -2.46. The second-order valence-corrected chi connectivity index (χ2v) is 6.82. The minimum atomic E-state index is -4.40. The van der Waals surface area contributed by atoms with Crippen molar-refractivity contribution in [3.05, 3.63) is 59.9 Å². The summed E-state index contributed by atoms with van der Waals surface area (Å²) in [6.45, 7) is 0.838. The summed E-state index contributed by atoms with van der Waals surface area (Å²) in [5.41, 5.74) is 1.29. The van der Waals surface area contributed by atoms with Gasteiger partial charge < -0.3 is 15.4 Å². The van der Waals surface area contributed by atoms with Crippen LogP contribution < -0.4 is 10.6 Å². The van der Waals surface area contributed by atoms with Gasteiger partial charge in [-0.3, -0.25) is 9.48 Å². The third-order valence-corrected chi connectivity index (χ3v) is 4.67. The SMILES string of the molecule is COC[C@@H]1Cn2nc(-c3cccnc3Nc3ccc(C(F)(F)F)cc3)cc2C(=O)N1. The Morgan fingerprint density at radius 1 is 1.27 bits per heavy atom. The van der Waals surface area contributed by atoms with Crippen molar-refractivity contribution in [2.75, 3.05) is 19.0 Å². The summed E-state index contributed by atoms with van der Waals surface area (Å²) in [7, 11) is 1.56. The van der Waals surface area contributed by atoms with E-state index in [1.165, 1.54) is 12.1 Å². The first-order valence-corrected chi connectivity index (χ1v) is 9.12. The Bertz CT molecular complexity index is 1060. The van der Waals surface area contributed by atoms with E-state index in [2.05, 4.69) is 20.7 Å². The average Bonchev–Trinajstić information content (AvgIpc) is 3.13. The maximum absolute atomic E-state index is 12.8. The smallest absolute Gasteiger partial charge is 0.382 e. The van der Waals surface area contributed by atoms with E-state index in [0.29, 0.717) is 41.6 Å². The summed E-state index contributed by atoms with van der Waals surface area (Å²) in [6, 6.07) is 9.65. The second kappa shape index (κ2) is 7.79. The molecule has 1 aliphatic heterocycles. The lowest BCUT2D eigenvalue weighted by Gasteiger charge is -2.23. The topological polar surface area (TPSA) is 81.1 Å². The number of amides is 1. The molecule has 3 aromatic rings. The minimum Gasteiger partial charge on any atom is -0.382 e. The van der Waals surface area contributed by atoms with Crippen molar-refractivity contribution in [2.45, 2.75) is 18.8 Å². The van der Waals surface area contributed by atoms with Crippen molar-refractivity contribution < 1.29 is 22.7 Å². The highest BCUT2D eigenvalue weighted by Gasteiger charge is 2.30. The maximum Gasteiger partial charge on any atom is 0.416 e. The molecule has 0 spiro atoms. The van der Waals surface area contributed by atoms with Gasteiger partial charge in [0.15, 0.2) is 0 Å². The number of benzene rings is 1. The van der Waals surface area contributed by atoms with Crippen LogP contribution in [0.3, 0.4) is 0 Å². The molecule has 4 rings (SSSR count). The Labute approximate surface area is 169 Å². The zero-order chi connectivity index (χ0) is 21.3. The standard InChI is InChI=1S/C20H18F3N5O2/c1-30-11-14-10-28-17(19(29)26-14)9-16(27-28)15-3-2-8-24-18(15)25-13-6-4-12(5-7-13)20(21,22)23/h2-9,14H,10-11H2,1H3,(H,24,25)(H,26,29)/t14-/m0/s1. The van der Waals surface area contributed by atoms with Gasteiger partial charge in [0.05, 0.1) is 30.5 Å². The van der Waals surface area contributed by atoms with Gasteiger partial charge >= 0.3 is 6.18 Å². The van der Waals surface area contributed by atoms with Crippen LogP contribution in [0.1, 0.15) is 16.1 Å². The fourth-order valence-electron chi connectivity index (χ4n) is 3.27. The van der Waals surface area contributed by atoms with Gasteiger partial charge in [0.25, 0.3) is 5.91 Å². The van der Waals surface area contributed by atoms with Gasteiger partial charge in [0.1, 0.15) is 11.5 Å². The van der Waals surface area contributed by atoms with Crippen molar-refractivity contribution in [1.82, 2.24) is 20.1 Å². The molecular formula is C20H18F3N5O2. The zero-order valence-corrected chi connectivity index (χ0v) is 15.9. The quantitative estimate of drug-likeness (QED) is 0.665. The highest BCUT2D eigenvalue weighted by molar-refractivity contribution is 5.95. The molecule has 0 fully saturated rings. The highest BCUT2D eigenvalue weighted by Crippen LogP contribution is 2.32. The predicted molar refractivity (Wildman–Crippen MR) is 103 cm³/mol.